The highest BCUT2D eigenvalue weighted by Crippen LogP contribution is 2.28. The van der Waals surface area contributed by atoms with Crippen LogP contribution >= 0.6 is 11.6 Å². The molecular formula is C21H17ClNO4S-. The van der Waals surface area contributed by atoms with Crippen LogP contribution in [0.1, 0.15) is 21.5 Å². The minimum Gasteiger partial charge on any atom is -0.545 e. The Hall–Kier alpha value is -2.83. The molecule has 7 heteroatoms. The summed E-state index contributed by atoms with van der Waals surface area (Å²) in [5.41, 5.74) is 2.02. The molecule has 144 valence electrons. The molecule has 0 bridgehead atoms. The van der Waals surface area contributed by atoms with Crippen LogP contribution in [-0.2, 0) is 16.6 Å². The molecular weight excluding hydrogens is 398 g/mol. The lowest BCUT2D eigenvalue weighted by atomic mass is 10.1. The number of carboxylic acids is 1. The summed E-state index contributed by atoms with van der Waals surface area (Å²) in [6.07, 6.45) is 0. The molecule has 3 aromatic rings. The predicted octanol–water partition coefficient (Wildman–Crippen LogP) is 3.41. The van der Waals surface area contributed by atoms with E-state index in [0.29, 0.717) is 16.3 Å². The van der Waals surface area contributed by atoms with Crippen LogP contribution in [0.25, 0.3) is 0 Å². The number of rotatable bonds is 6. The van der Waals surface area contributed by atoms with Gasteiger partial charge in [0.15, 0.2) is 0 Å². The highest BCUT2D eigenvalue weighted by atomic mass is 35.5. The highest BCUT2D eigenvalue weighted by molar-refractivity contribution is 7.92. The van der Waals surface area contributed by atoms with Crippen molar-refractivity contribution >= 4 is 33.3 Å². The van der Waals surface area contributed by atoms with Gasteiger partial charge in [-0.1, -0.05) is 59.6 Å². The maximum atomic E-state index is 13.3. The molecule has 3 aromatic carbocycles. The van der Waals surface area contributed by atoms with Gasteiger partial charge in [-0.2, -0.15) is 0 Å². The van der Waals surface area contributed by atoms with Crippen LogP contribution in [0.4, 0.5) is 5.69 Å². The van der Waals surface area contributed by atoms with E-state index in [1.54, 1.807) is 60.7 Å². The second kappa shape index (κ2) is 8.04. The van der Waals surface area contributed by atoms with E-state index >= 15 is 0 Å². The second-order valence-electron chi connectivity index (χ2n) is 6.29. The number of hydrogen-bond acceptors (Lipinski definition) is 4. The second-order valence-corrected chi connectivity index (χ2v) is 8.59. The zero-order valence-corrected chi connectivity index (χ0v) is 16.6. The van der Waals surface area contributed by atoms with Crippen LogP contribution < -0.4 is 9.41 Å². The minimum atomic E-state index is -3.87. The van der Waals surface area contributed by atoms with E-state index < -0.39 is 16.0 Å². The number of carboxylic acid groups (broad SMARTS) is 1. The standard InChI is InChI=1S/C21H18ClNO4S/c1-15-5-11-20(12-6-15)28(26,27)23(19-4-2-3-18(22)13-19)14-16-7-9-17(10-8-16)21(24)25/h2-13H,14H2,1H3,(H,24,25)/p-1. The summed E-state index contributed by atoms with van der Waals surface area (Å²) in [5.74, 6) is -1.29. The van der Waals surface area contributed by atoms with E-state index in [1.165, 1.54) is 16.4 Å². The van der Waals surface area contributed by atoms with Crippen molar-refractivity contribution in [1.82, 2.24) is 0 Å². The summed E-state index contributed by atoms with van der Waals surface area (Å²) < 4.78 is 27.9. The summed E-state index contributed by atoms with van der Waals surface area (Å²) >= 11 is 6.07. The molecule has 0 aliphatic carbocycles. The third kappa shape index (κ3) is 4.35. The normalized spacial score (nSPS) is 11.2. The monoisotopic (exact) mass is 414 g/mol. The molecule has 0 atom stereocenters. The highest BCUT2D eigenvalue weighted by Gasteiger charge is 2.25. The van der Waals surface area contributed by atoms with Crippen LogP contribution in [0.2, 0.25) is 5.02 Å². The number of halogens is 1. The molecule has 0 aliphatic heterocycles. The molecule has 28 heavy (non-hydrogen) atoms. The average molecular weight is 415 g/mol. The topological polar surface area (TPSA) is 77.5 Å². The summed E-state index contributed by atoms with van der Waals surface area (Å²) in [4.78, 5) is 11.1. The SMILES string of the molecule is Cc1ccc(S(=O)(=O)N(Cc2ccc(C(=O)[O-])cc2)c2cccc(Cl)c2)cc1. The van der Waals surface area contributed by atoms with E-state index in [4.69, 9.17) is 11.6 Å². The van der Waals surface area contributed by atoms with Gasteiger partial charge in [0.2, 0.25) is 0 Å². The fourth-order valence-electron chi connectivity index (χ4n) is 2.70. The van der Waals surface area contributed by atoms with Crippen LogP contribution in [-0.4, -0.2) is 14.4 Å². The fraction of sp³-hybridized carbons (Fsp3) is 0.0952. The van der Waals surface area contributed by atoms with Gasteiger partial charge in [0, 0.05) is 5.02 Å². The smallest absolute Gasteiger partial charge is 0.264 e. The number of benzene rings is 3. The van der Waals surface area contributed by atoms with Crippen molar-refractivity contribution in [2.24, 2.45) is 0 Å². The molecule has 0 radical (unpaired) electrons. The Morgan fingerprint density at radius 3 is 2.21 bits per heavy atom. The fourth-order valence-corrected chi connectivity index (χ4v) is 4.32. The number of anilines is 1. The van der Waals surface area contributed by atoms with Crippen LogP contribution in [0.15, 0.2) is 77.7 Å². The minimum absolute atomic E-state index is 0.0177. The maximum Gasteiger partial charge on any atom is 0.264 e. The Morgan fingerprint density at radius 1 is 1.00 bits per heavy atom. The molecule has 0 unspecified atom stereocenters. The zero-order valence-electron chi connectivity index (χ0n) is 15.0. The summed E-state index contributed by atoms with van der Waals surface area (Å²) in [7, 11) is -3.87. The Kier molecular flexibility index (Phi) is 5.72. The maximum absolute atomic E-state index is 13.3. The first kappa shape index (κ1) is 19.9. The van der Waals surface area contributed by atoms with Crippen molar-refractivity contribution in [2.45, 2.75) is 18.4 Å². The number of aromatic carboxylic acids is 1. The first-order valence-corrected chi connectivity index (χ1v) is 10.2. The number of hydrogen-bond donors (Lipinski definition) is 0. The number of carbonyl (C=O) groups is 1. The van der Waals surface area contributed by atoms with Crippen molar-refractivity contribution in [3.63, 3.8) is 0 Å². The zero-order chi connectivity index (χ0) is 20.3. The molecule has 5 nitrogen and oxygen atoms in total. The van der Waals surface area contributed by atoms with Gasteiger partial charge < -0.3 is 9.90 Å². The van der Waals surface area contributed by atoms with Gasteiger partial charge in [-0.15, -0.1) is 0 Å². The van der Waals surface area contributed by atoms with Gasteiger partial charge in [-0.05, 0) is 48.4 Å². The van der Waals surface area contributed by atoms with E-state index in [2.05, 4.69) is 0 Å². The third-order valence-electron chi connectivity index (χ3n) is 4.22. The van der Waals surface area contributed by atoms with E-state index in [9.17, 15) is 18.3 Å². The molecule has 0 saturated heterocycles. The quantitative estimate of drug-likeness (QED) is 0.619. The molecule has 0 spiro atoms. The predicted molar refractivity (Wildman–Crippen MR) is 107 cm³/mol. The van der Waals surface area contributed by atoms with Crippen molar-refractivity contribution in [3.05, 3.63) is 94.5 Å². The summed E-state index contributed by atoms with van der Waals surface area (Å²) in [6.45, 7) is 1.90. The van der Waals surface area contributed by atoms with Crippen LogP contribution in [0, 0.1) is 6.92 Å². The van der Waals surface area contributed by atoms with Gasteiger partial charge in [-0.25, -0.2) is 8.42 Å². The lowest BCUT2D eigenvalue weighted by molar-refractivity contribution is -0.255. The lowest BCUT2D eigenvalue weighted by Crippen LogP contribution is -2.30. The molecule has 0 N–H and O–H groups in total. The number of sulfonamides is 1. The van der Waals surface area contributed by atoms with Gasteiger partial charge in [0.25, 0.3) is 10.0 Å². The van der Waals surface area contributed by atoms with Crippen molar-refractivity contribution in [2.75, 3.05) is 4.31 Å². The van der Waals surface area contributed by atoms with E-state index in [0.717, 1.165) is 5.56 Å². The Balaban J connectivity index is 2.04. The van der Waals surface area contributed by atoms with Crippen molar-refractivity contribution in [1.29, 1.82) is 0 Å². The summed E-state index contributed by atoms with van der Waals surface area (Å²) in [5, 5.41) is 11.3. The van der Waals surface area contributed by atoms with Crippen molar-refractivity contribution < 1.29 is 18.3 Å². The van der Waals surface area contributed by atoms with E-state index in [1.807, 2.05) is 6.92 Å². The van der Waals surface area contributed by atoms with Crippen LogP contribution in [0.3, 0.4) is 0 Å². The molecule has 0 aliphatic rings. The van der Waals surface area contributed by atoms with Crippen LogP contribution in [0.5, 0.6) is 0 Å². The first-order chi connectivity index (χ1) is 13.3. The third-order valence-corrected chi connectivity index (χ3v) is 6.24. The molecule has 0 heterocycles. The lowest BCUT2D eigenvalue weighted by Gasteiger charge is -2.25. The largest absolute Gasteiger partial charge is 0.545 e. The molecule has 0 amide bonds. The average Bonchev–Trinajstić information content (AvgIpc) is 2.66. The molecule has 3 rings (SSSR count). The van der Waals surface area contributed by atoms with Gasteiger partial charge >= 0.3 is 0 Å². The Labute approximate surface area is 168 Å². The Morgan fingerprint density at radius 2 is 1.64 bits per heavy atom. The molecule has 0 saturated carbocycles. The molecule has 0 aromatic heterocycles. The van der Waals surface area contributed by atoms with Gasteiger partial charge in [-0.3, -0.25) is 4.31 Å². The Bertz CT molecular complexity index is 1090. The summed E-state index contributed by atoms with van der Waals surface area (Å²) in [6, 6.07) is 19.1. The number of carbonyl (C=O) groups excluding carboxylic acids is 1. The number of aryl methyl sites for hydroxylation is 1. The van der Waals surface area contributed by atoms with Gasteiger partial charge in [0.1, 0.15) is 0 Å². The van der Waals surface area contributed by atoms with Gasteiger partial charge in [0.05, 0.1) is 23.1 Å². The van der Waals surface area contributed by atoms with E-state index in [-0.39, 0.29) is 17.0 Å². The molecule has 0 fully saturated rings. The van der Waals surface area contributed by atoms with Crippen molar-refractivity contribution in [3.8, 4) is 0 Å². The first-order valence-electron chi connectivity index (χ1n) is 8.42. The number of nitrogens with zero attached hydrogens (tertiary/aromatic N) is 1.